The summed E-state index contributed by atoms with van der Waals surface area (Å²) in [6, 6.07) is 8.75. The van der Waals surface area contributed by atoms with Crippen LogP contribution in [0.1, 0.15) is 5.69 Å². The first-order chi connectivity index (χ1) is 11.1. The summed E-state index contributed by atoms with van der Waals surface area (Å²) in [5.41, 5.74) is 7.68. The van der Waals surface area contributed by atoms with Crippen LogP contribution in [0.25, 0.3) is 11.0 Å². The molecule has 0 aliphatic heterocycles. The van der Waals surface area contributed by atoms with Crippen LogP contribution < -0.4 is 15.2 Å². The van der Waals surface area contributed by atoms with Crippen molar-refractivity contribution in [3.05, 3.63) is 36.0 Å². The van der Waals surface area contributed by atoms with Crippen molar-refractivity contribution in [2.24, 2.45) is 0 Å². The highest BCUT2D eigenvalue weighted by Crippen LogP contribution is 2.31. The van der Waals surface area contributed by atoms with Crippen molar-refractivity contribution in [2.45, 2.75) is 10.9 Å². The van der Waals surface area contributed by atoms with Crippen LogP contribution in [0, 0.1) is 0 Å². The molecule has 0 amide bonds. The lowest BCUT2D eigenvalue weighted by Crippen LogP contribution is -2.08. The first kappa shape index (κ1) is 15.4. The van der Waals surface area contributed by atoms with E-state index in [-0.39, 0.29) is 5.75 Å². The van der Waals surface area contributed by atoms with Crippen molar-refractivity contribution in [2.75, 3.05) is 20.0 Å². The number of aromatic nitrogens is 3. The molecular weight excluding hydrogens is 316 g/mol. The molecule has 2 aromatic heterocycles. The minimum atomic E-state index is -1.36. The predicted octanol–water partition coefficient (Wildman–Crippen LogP) is 1.87. The number of aromatic amines is 1. The Morgan fingerprint density at radius 3 is 2.61 bits per heavy atom. The Morgan fingerprint density at radius 2 is 1.91 bits per heavy atom. The Bertz CT molecular complexity index is 796. The standard InChI is InChI=1S/C15H16N4O3S/c1-21-12-6-10-11(7-13(12)22-2)19-15(18-10)23(20)8-9-4-3-5-14(16)17-9/h3-7H,8H2,1-2H3,(H2,16,17)(H,18,19). The van der Waals surface area contributed by atoms with Crippen molar-refractivity contribution >= 4 is 28.0 Å². The number of pyridine rings is 1. The fourth-order valence-corrected chi connectivity index (χ4v) is 3.19. The van der Waals surface area contributed by atoms with E-state index in [0.717, 1.165) is 5.52 Å². The van der Waals surface area contributed by atoms with Gasteiger partial charge in [-0.1, -0.05) is 6.07 Å². The molecule has 0 spiro atoms. The summed E-state index contributed by atoms with van der Waals surface area (Å²) in [6.45, 7) is 0. The van der Waals surface area contributed by atoms with E-state index >= 15 is 0 Å². The Kier molecular flexibility index (Phi) is 4.26. The van der Waals surface area contributed by atoms with E-state index in [9.17, 15) is 4.55 Å². The fourth-order valence-electron chi connectivity index (χ4n) is 2.20. The highest BCUT2D eigenvalue weighted by atomic mass is 32.2. The van der Waals surface area contributed by atoms with E-state index in [0.29, 0.717) is 33.7 Å². The van der Waals surface area contributed by atoms with Gasteiger partial charge in [0, 0.05) is 23.3 Å². The minimum absolute atomic E-state index is 0.235. The van der Waals surface area contributed by atoms with Gasteiger partial charge in [0.05, 0.1) is 30.9 Å². The van der Waals surface area contributed by atoms with Crippen molar-refractivity contribution in [1.82, 2.24) is 15.0 Å². The second kappa shape index (κ2) is 6.35. The molecule has 1 aromatic carbocycles. The molecule has 3 aromatic rings. The van der Waals surface area contributed by atoms with Crippen LogP contribution in [0.2, 0.25) is 0 Å². The van der Waals surface area contributed by atoms with Crippen LogP contribution in [0.15, 0.2) is 35.5 Å². The van der Waals surface area contributed by atoms with E-state index in [4.69, 9.17) is 15.2 Å². The number of nitrogen functional groups attached to an aromatic ring is 1. The third-order valence-electron chi connectivity index (χ3n) is 3.29. The summed E-state index contributed by atoms with van der Waals surface area (Å²) in [4.78, 5) is 11.6. The van der Waals surface area contributed by atoms with E-state index in [1.54, 1.807) is 44.6 Å². The average molecular weight is 332 g/mol. The lowest BCUT2D eigenvalue weighted by atomic mass is 10.3. The van der Waals surface area contributed by atoms with Crippen molar-refractivity contribution in [1.29, 1.82) is 0 Å². The smallest absolute Gasteiger partial charge is 0.322 e. The lowest BCUT2D eigenvalue weighted by molar-refractivity contribution is 0.356. The molecule has 0 fully saturated rings. The number of imidazole rings is 1. The van der Waals surface area contributed by atoms with Gasteiger partial charge in [-0.3, -0.25) is 4.98 Å². The highest BCUT2D eigenvalue weighted by Gasteiger charge is 2.19. The molecule has 0 radical (unpaired) electrons. The molecule has 0 bridgehead atoms. The number of hydrogen-bond donors (Lipinski definition) is 2. The van der Waals surface area contributed by atoms with Gasteiger partial charge in [-0.15, -0.1) is 0 Å². The largest absolute Gasteiger partial charge is 0.609 e. The number of hydrogen-bond acceptors (Lipinski definition) is 6. The number of benzene rings is 1. The van der Waals surface area contributed by atoms with Crippen molar-refractivity contribution in [3.63, 3.8) is 0 Å². The summed E-state index contributed by atoms with van der Waals surface area (Å²) in [5.74, 6) is 1.79. The van der Waals surface area contributed by atoms with E-state index in [1.807, 2.05) is 0 Å². The summed E-state index contributed by atoms with van der Waals surface area (Å²) >= 11 is -1.36. The van der Waals surface area contributed by atoms with Crippen molar-refractivity contribution in [3.8, 4) is 11.5 Å². The molecule has 8 heteroatoms. The SMILES string of the molecule is COc1cc2nc([S+]([O-])Cc3cccc(N)n3)[nH]c2cc1OC. The maximum Gasteiger partial charge on any atom is 0.322 e. The van der Waals surface area contributed by atoms with Gasteiger partial charge in [0.25, 0.3) is 0 Å². The number of H-pyrrole nitrogens is 1. The number of nitrogens with zero attached hydrogens (tertiary/aromatic N) is 2. The molecule has 0 saturated carbocycles. The molecule has 23 heavy (non-hydrogen) atoms. The molecule has 2 heterocycles. The Hall–Kier alpha value is -2.45. The molecule has 3 N–H and O–H groups in total. The zero-order chi connectivity index (χ0) is 16.4. The maximum atomic E-state index is 12.5. The number of anilines is 1. The summed E-state index contributed by atoms with van der Waals surface area (Å²) < 4.78 is 23.0. The van der Waals surface area contributed by atoms with Crippen molar-refractivity contribution < 1.29 is 14.0 Å². The Balaban J connectivity index is 1.90. The average Bonchev–Trinajstić information content (AvgIpc) is 2.96. The van der Waals surface area contributed by atoms with Gasteiger partial charge in [-0.2, -0.15) is 4.98 Å². The van der Waals surface area contributed by atoms with Gasteiger partial charge in [0.1, 0.15) is 5.82 Å². The van der Waals surface area contributed by atoms with Crippen LogP contribution in [0.3, 0.4) is 0 Å². The van der Waals surface area contributed by atoms with Gasteiger partial charge < -0.3 is 19.8 Å². The van der Waals surface area contributed by atoms with Crippen LogP contribution >= 0.6 is 0 Å². The molecule has 7 nitrogen and oxygen atoms in total. The highest BCUT2D eigenvalue weighted by molar-refractivity contribution is 7.90. The van der Waals surface area contributed by atoms with Gasteiger partial charge >= 0.3 is 5.16 Å². The molecular formula is C15H16N4O3S. The number of methoxy groups -OCH3 is 2. The molecule has 0 aliphatic rings. The fraction of sp³-hybridized carbons (Fsp3) is 0.200. The zero-order valence-corrected chi connectivity index (χ0v) is 13.5. The molecule has 1 atom stereocenters. The second-order valence-electron chi connectivity index (χ2n) is 4.81. The van der Waals surface area contributed by atoms with Gasteiger partial charge in [0.2, 0.25) is 0 Å². The molecule has 120 valence electrons. The van der Waals surface area contributed by atoms with Gasteiger partial charge in [0.15, 0.2) is 17.3 Å². The summed E-state index contributed by atoms with van der Waals surface area (Å²) in [7, 11) is 3.12. The quantitative estimate of drug-likeness (QED) is 0.690. The van der Waals surface area contributed by atoms with E-state index in [2.05, 4.69) is 15.0 Å². The third kappa shape index (κ3) is 3.17. The first-order valence-corrected chi connectivity index (χ1v) is 8.14. The predicted molar refractivity (Wildman–Crippen MR) is 88.0 cm³/mol. The monoisotopic (exact) mass is 332 g/mol. The first-order valence-electron chi connectivity index (χ1n) is 6.82. The summed E-state index contributed by atoms with van der Waals surface area (Å²) in [6.07, 6.45) is 0. The van der Waals surface area contributed by atoms with Gasteiger partial charge in [-0.05, 0) is 12.1 Å². The van der Waals surface area contributed by atoms with Crippen LogP contribution in [0.4, 0.5) is 5.82 Å². The molecule has 0 aliphatic carbocycles. The van der Waals surface area contributed by atoms with E-state index < -0.39 is 11.2 Å². The van der Waals surface area contributed by atoms with E-state index in [1.165, 1.54) is 0 Å². The van der Waals surface area contributed by atoms with Crippen LogP contribution in [0.5, 0.6) is 11.5 Å². The molecule has 0 saturated heterocycles. The number of nitrogens with two attached hydrogens (primary N) is 1. The molecule has 3 rings (SSSR count). The van der Waals surface area contributed by atoms with Crippen LogP contribution in [-0.2, 0) is 16.9 Å². The summed E-state index contributed by atoms with van der Waals surface area (Å²) in [5, 5.41) is 0.375. The number of ether oxygens (including phenoxy) is 2. The Labute approximate surface area is 136 Å². The third-order valence-corrected chi connectivity index (χ3v) is 4.47. The van der Waals surface area contributed by atoms with Gasteiger partial charge in [-0.25, -0.2) is 4.98 Å². The van der Waals surface area contributed by atoms with Crippen LogP contribution in [-0.4, -0.2) is 33.7 Å². The Morgan fingerprint density at radius 1 is 1.17 bits per heavy atom. The number of rotatable bonds is 5. The minimum Gasteiger partial charge on any atom is -0.609 e. The number of nitrogens with one attached hydrogen (secondary N) is 1. The zero-order valence-electron chi connectivity index (χ0n) is 12.7. The number of fused-ring (bicyclic) bond motifs is 1. The molecule has 1 unspecified atom stereocenters. The topological polar surface area (TPSA) is 109 Å². The second-order valence-corrected chi connectivity index (χ2v) is 6.18. The normalized spacial score (nSPS) is 12.3. The lowest BCUT2D eigenvalue weighted by Gasteiger charge is -2.06. The maximum absolute atomic E-state index is 12.5.